The van der Waals surface area contributed by atoms with Crippen LogP contribution in [0.4, 0.5) is 23.2 Å². The summed E-state index contributed by atoms with van der Waals surface area (Å²) in [7, 11) is 0. The van der Waals surface area contributed by atoms with Crippen LogP contribution in [0.5, 0.6) is 0 Å². The van der Waals surface area contributed by atoms with Gasteiger partial charge in [-0.3, -0.25) is 14.6 Å². The molecule has 2 rings (SSSR count). The van der Waals surface area contributed by atoms with Crippen LogP contribution in [0, 0.1) is 5.82 Å². The molecule has 0 saturated carbocycles. The summed E-state index contributed by atoms with van der Waals surface area (Å²) < 4.78 is 51.2. The van der Waals surface area contributed by atoms with E-state index in [1.54, 1.807) is 12.1 Å². The molecule has 0 aliphatic rings. The first-order valence-corrected chi connectivity index (χ1v) is 7.63. The van der Waals surface area contributed by atoms with Gasteiger partial charge in [0.25, 0.3) is 5.91 Å². The number of hydrogen-bond donors (Lipinski definition) is 3. The van der Waals surface area contributed by atoms with Gasteiger partial charge in [-0.1, -0.05) is 18.2 Å². The zero-order valence-corrected chi connectivity index (χ0v) is 13.9. The number of para-hydroxylation sites is 1. The smallest absolute Gasteiger partial charge is 0.398 e. The number of hydrazine groups is 1. The second-order valence-electron chi connectivity index (χ2n) is 5.60. The molecule has 2 amide bonds. The average Bonchev–Trinajstić information content (AvgIpc) is 2.59. The third-order valence-corrected chi connectivity index (χ3v) is 3.62. The summed E-state index contributed by atoms with van der Waals surface area (Å²) in [4.78, 5) is 24.0. The Labute approximate surface area is 151 Å². The first-order chi connectivity index (χ1) is 12.6. The minimum atomic E-state index is -4.66. The van der Waals surface area contributed by atoms with Gasteiger partial charge in [0.1, 0.15) is 12.4 Å². The first kappa shape index (κ1) is 20.2. The Morgan fingerprint density at radius 1 is 1.11 bits per heavy atom. The number of alkyl halides is 3. The molecule has 0 aromatic heterocycles. The van der Waals surface area contributed by atoms with E-state index in [-0.39, 0.29) is 23.4 Å². The molecule has 0 fully saturated rings. The van der Waals surface area contributed by atoms with Crippen molar-refractivity contribution in [3.8, 4) is 0 Å². The summed E-state index contributed by atoms with van der Waals surface area (Å²) in [5, 5.41) is 2.91. The van der Waals surface area contributed by atoms with Gasteiger partial charge in [0.2, 0.25) is 5.91 Å². The van der Waals surface area contributed by atoms with E-state index in [9.17, 15) is 27.2 Å². The highest BCUT2D eigenvalue weighted by Crippen LogP contribution is 2.30. The second-order valence-corrected chi connectivity index (χ2v) is 5.60. The van der Waals surface area contributed by atoms with Crippen LogP contribution < -0.4 is 16.9 Å². The Balaban J connectivity index is 1.94. The predicted octanol–water partition coefficient (Wildman–Crippen LogP) is 2.06. The molecule has 6 nitrogen and oxygen atoms in total. The minimum absolute atomic E-state index is 0.113. The van der Waals surface area contributed by atoms with Gasteiger partial charge in [0.15, 0.2) is 0 Å². The van der Waals surface area contributed by atoms with Gasteiger partial charge in [-0.25, -0.2) is 10.2 Å². The Hall–Kier alpha value is -3.14. The van der Waals surface area contributed by atoms with E-state index < -0.39 is 35.9 Å². The fraction of sp³-hybridized carbons (Fsp3) is 0.176. The highest BCUT2D eigenvalue weighted by Gasteiger charge is 2.31. The molecule has 27 heavy (non-hydrogen) atoms. The molecule has 5 N–H and O–H groups in total. The van der Waals surface area contributed by atoms with E-state index in [1.165, 1.54) is 12.1 Å². The van der Waals surface area contributed by atoms with Gasteiger partial charge in [-0.2, -0.15) is 13.2 Å². The van der Waals surface area contributed by atoms with Gasteiger partial charge in [0, 0.05) is 17.8 Å². The molecular formula is C17H16F4N4O2. The fourth-order valence-corrected chi connectivity index (χ4v) is 2.19. The highest BCUT2D eigenvalue weighted by molar-refractivity contribution is 6.00. The average molecular weight is 384 g/mol. The van der Waals surface area contributed by atoms with Crippen LogP contribution in [0.3, 0.4) is 0 Å². The van der Waals surface area contributed by atoms with Crippen LogP contribution in [-0.2, 0) is 17.5 Å². The third-order valence-electron chi connectivity index (χ3n) is 3.62. The zero-order chi connectivity index (χ0) is 20.2. The predicted molar refractivity (Wildman–Crippen MR) is 89.3 cm³/mol. The maximum atomic E-state index is 13.7. The highest BCUT2D eigenvalue weighted by atomic mass is 19.4. The van der Waals surface area contributed by atoms with E-state index in [0.29, 0.717) is 17.1 Å². The molecule has 10 heteroatoms. The Morgan fingerprint density at radius 3 is 2.37 bits per heavy atom. The lowest BCUT2D eigenvalue weighted by Gasteiger charge is -2.17. The molecule has 0 heterocycles. The molecule has 0 spiro atoms. The maximum Gasteiger partial charge on any atom is 0.416 e. The van der Waals surface area contributed by atoms with Crippen molar-refractivity contribution in [1.82, 2.24) is 10.3 Å². The number of halogens is 4. The number of amides is 2. The Kier molecular flexibility index (Phi) is 6.01. The molecule has 0 atom stereocenters. The van der Waals surface area contributed by atoms with Crippen LogP contribution in [0.1, 0.15) is 21.5 Å². The molecule has 2 aromatic carbocycles. The van der Waals surface area contributed by atoms with E-state index in [2.05, 4.69) is 5.32 Å². The number of hydrogen-bond acceptors (Lipinski definition) is 4. The van der Waals surface area contributed by atoms with Crippen molar-refractivity contribution in [3.63, 3.8) is 0 Å². The number of rotatable bonds is 5. The maximum absolute atomic E-state index is 13.7. The van der Waals surface area contributed by atoms with Crippen molar-refractivity contribution in [2.75, 3.05) is 12.3 Å². The van der Waals surface area contributed by atoms with E-state index in [4.69, 9.17) is 11.6 Å². The quantitative estimate of drug-likeness (QED) is 0.241. The van der Waals surface area contributed by atoms with Crippen LogP contribution in [0.2, 0.25) is 0 Å². The molecule has 0 saturated heterocycles. The summed E-state index contributed by atoms with van der Waals surface area (Å²) in [6, 6.07) is 8.11. The summed E-state index contributed by atoms with van der Waals surface area (Å²) in [5.41, 5.74) is 4.69. The summed E-state index contributed by atoms with van der Waals surface area (Å²) >= 11 is 0. The topological polar surface area (TPSA) is 101 Å². The van der Waals surface area contributed by atoms with E-state index in [1.807, 2.05) is 0 Å². The lowest BCUT2D eigenvalue weighted by molar-refractivity contribution is -0.137. The minimum Gasteiger partial charge on any atom is -0.398 e. The Morgan fingerprint density at radius 2 is 1.78 bits per heavy atom. The van der Waals surface area contributed by atoms with Gasteiger partial charge < -0.3 is 11.1 Å². The molecule has 0 bridgehead atoms. The number of benzene rings is 2. The monoisotopic (exact) mass is 384 g/mol. The molecule has 0 radical (unpaired) electrons. The zero-order valence-electron chi connectivity index (χ0n) is 13.9. The molecule has 0 unspecified atom stereocenters. The van der Waals surface area contributed by atoms with Crippen molar-refractivity contribution in [1.29, 1.82) is 0 Å². The van der Waals surface area contributed by atoms with Crippen LogP contribution in [0.15, 0.2) is 42.5 Å². The van der Waals surface area contributed by atoms with Gasteiger partial charge >= 0.3 is 6.18 Å². The number of carbonyl (C=O) groups excluding carboxylic acids is 2. The van der Waals surface area contributed by atoms with E-state index in [0.717, 1.165) is 6.07 Å². The molecule has 0 aliphatic carbocycles. The largest absolute Gasteiger partial charge is 0.416 e. The van der Waals surface area contributed by atoms with Crippen LogP contribution in [-0.4, -0.2) is 23.4 Å². The van der Waals surface area contributed by atoms with Crippen molar-refractivity contribution < 1.29 is 27.2 Å². The van der Waals surface area contributed by atoms with Gasteiger partial charge in [0.05, 0.1) is 11.1 Å². The van der Waals surface area contributed by atoms with Crippen molar-refractivity contribution in [2.24, 2.45) is 5.84 Å². The number of nitrogens with one attached hydrogen (secondary N) is 1. The number of nitrogens with two attached hydrogens (primary N) is 2. The molecule has 144 valence electrons. The molecule has 0 aliphatic heterocycles. The van der Waals surface area contributed by atoms with Gasteiger partial charge in [-0.15, -0.1) is 0 Å². The van der Waals surface area contributed by atoms with Crippen LogP contribution in [0.25, 0.3) is 0 Å². The SMILES string of the molecule is Nc1ccccc1C(=O)N(N)CC(=O)NCc1ccc(C(F)(F)F)cc1F. The van der Waals surface area contributed by atoms with Crippen molar-refractivity contribution in [2.45, 2.75) is 12.7 Å². The molecular weight excluding hydrogens is 368 g/mol. The standard InChI is InChI=1S/C17H16F4N4O2/c18-13-7-11(17(19,20)21)6-5-10(13)8-24-15(26)9-25(23)16(27)12-3-1-2-4-14(12)22/h1-7H,8-9,22-23H2,(H,24,26). The normalized spacial score (nSPS) is 11.1. The molecule has 2 aromatic rings. The number of anilines is 1. The summed E-state index contributed by atoms with van der Waals surface area (Å²) in [5.74, 6) is 3.03. The lowest BCUT2D eigenvalue weighted by atomic mass is 10.1. The van der Waals surface area contributed by atoms with Crippen molar-refractivity contribution in [3.05, 3.63) is 65.0 Å². The number of carbonyl (C=O) groups is 2. The second kappa shape index (κ2) is 8.04. The number of nitrogens with zero attached hydrogens (tertiary/aromatic N) is 1. The van der Waals surface area contributed by atoms with Gasteiger partial charge in [-0.05, 0) is 24.3 Å². The summed E-state index contributed by atoms with van der Waals surface area (Å²) in [6.45, 7) is -0.909. The lowest BCUT2D eigenvalue weighted by Crippen LogP contribution is -2.45. The van der Waals surface area contributed by atoms with Crippen LogP contribution >= 0.6 is 0 Å². The Bertz CT molecular complexity index is 855. The fourth-order valence-electron chi connectivity index (χ4n) is 2.19. The van der Waals surface area contributed by atoms with E-state index >= 15 is 0 Å². The summed E-state index contributed by atoms with van der Waals surface area (Å²) in [6.07, 6.45) is -4.66. The van der Waals surface area contributed by atoms with Crippen molar-refractivity contribution >= 4 is 17.5 Å². The first-order valence-electron chi connectivity index (χ1n) is 7.63. The third kappa shape index (κ3) is 5.17. The number of nitrogen functional groups attached to an aromatic ring is 1.